The molecule has 0 bridgehead atoms. The largest absolute Gasteiger partial charge is 0.548 e. The van der Waals surface area contributed by atoms with Gasteiger partial charge in [0.2, 0.25) is 11.0 Å². The maximum Gasteiger partial charge on any atom is 0.226 e. The van der Waals surface area contributed by atoms with E-state index in [1.807, 2.05) is 36.4 Å². The van der Waals surface area contributed by atoms with Crippen LogP contribution >= 0.6 is 23.5 Å². The molecule has 2 aromatic carbocycles. The molecular formula is C22H22NO4S2-. The fraction of sp³-hybridized carbons (Fsp3) is 0.318. The molecule has 1 heterocycles. The van der Waals surface area contributed by atoms with Crippen LogP contribution in [0.1, 0.15) is 23.7 Å². The van der Waals surface area contributed by atoms with Gasteiger partial charge in [0.05, 0.1) is 12.0 Å². The molecule has 3 rings (SSSR count). The number of rotatable bonds is 7. The number of carboxylic acids is 1. The molecule has 2 aromatic rings. The number of hydrogen-bond acceptors (Lipinski definition) is 6. The van der Waals surface area contributed by atoms with Crippen molar-refractivity contribution in [3.8, 4) is 0 Å². The molecule has 0 spiro atoms. The Labute approximate surface area is 178 Å². The first kappa shape index (κ1) is 21.5. The first-order valence-corrected chi connectivity index (χ1v) is 11.3. The van der Waals surface area contributed by atoms with Gasteiger partial charge in [-0.25, -0.2) is 0 Å². The van der Waals surface area contributed by atoms with E-state index in [-0.39, 0.29) is 16.3 Å². The van der Waals surface area contributed by atoms with E-state index in [4.69, 9.17) is 0 Å². The molecule has 3 unspecified atom stereocenters. The van der Waals surface area contributed by atoms with Gasteiger partial charge in [-0.05, 0) is 18.6 Å². The van der Waals surface area contributed by atoms with Crippen LogP contribution in [0.4, 0.5) is 0 Å². The molecule has 0 saturated carbocycles. The number of thioether (sulfide) groups is 2. The molecule has 152 valence electrons. The summed E-state index contributed by atoms with van der Waals surface area (Å²) in [6.45, 7) is 2.09. The average Bonchev–Trinajstić information content (AvgIpc) is 3.16. The van der Waals surface area contributed by atoms with E-state index in [0.29, 0.717) is 24.3 Å². The molecule has 0 aliphatic carbocycles. The SMILES string of the molecule is CC(CSC(=O)c1ccccc1)C(=O)N1CC(Sc2ccccc2)CC1C(=O)[O-]. The zero-order valence-corrected chi connectivity index (χ0v) is 17.7. The standard InChI is InChI=1S/C22H23NO4S2/c1-15(14-28-22(27)16-8-4-2-5-9-16)20(24)23-13-18(12-19(23)21(25)26)29-17-10-6-3-7-11-17/h2-11,15,18-19H,12-14H2,1H3,(H,25,26)/p-1. The van der Waals surface area contributed by atoms with Gasteiger partial charge in [-0.15, -0.1) is 11.8 Å². The summed E-state index contributed by atoms with van der Waals surface area (Å²) in [6, 6.07) is 17.7. The zero-order valence-electron chi connectivity index (χ0n) is 16.0. The van der Waals surface area contributed by atoms with E-state index in [0.717, 1.165) is 16.7 Å². The lowest BCUT2D eigenvalue weighted by molar-refractivity contribution is -0.310. The summed E-state index contributed by atoms with van der Waals surface area (Å²) in [5.74, 6) is -1.63. The average molecular weight is 429 g/mol. The molecule has 1 amide bonds. The lowest BCUT2D eigenvalue weighted by Crippen LogP contribution is -2.48. The van der Waals surface area contributed by atoms with Crippen LogP contribution in [0.25, 0.3) is 0 Å². The molecule has 5 nitrogen and oxygen atoms in total. The number of nitrogens with zero attached hydrogens (tertiary/aromatic N) is 1. The van der Waals surface area contributed by atoms with E-state index in [1.165, 1.54) is 4.90 Å². The molecule has 3 atom stereocenters. The molecule has 0 radical (unpaired) electrons. The Morgan fingerprint density at radius 3 is 2.31 bits per heavy atom. The Hall–Kier alpha value is -2.25. The third-order valence-electron chi connectivity index (χ3n) is 4.76. The lowest BCUT2D eigenvalue weighted by Gasteiger charge is -2.27. The summed E-state index contributed by atoms with van der Waals surface area (Å²) in [7, 11) is 0. The molecule has 0 aromatic heterocycles. The normalized spacial score (nSPS) is 19.7. The van der Waals surface area contributed by atoms with Crippen molar-refractivity contribution >= 4 is 40.5 Å². The minimum atomic E-state index is -1.23. The van der Waals surface area contributed by atoms with Crippen LogP contribution < -0.4 is 5.11 Å². The highest BCUT2D eigenvalue weighted by Gasteiger charge is 2.38. The Kier molecular flexibility index (Phi) is 7.39. The quantitative estimate of drug-likeness (QED) is 0.675. The fourth-order valence-corrected chi connectivity index (χ4v) is 5.31. The van der Waals surface area contributed by atoms with Gasteiger partial charge in [-0.2, -0.15) is 0 Å². The summed E-state index contributed by atoms with van der Waals surface area (Å²) >= 11 is 2.66. The molecule has 1 aliphatic heterocycles. The maximum atomic E-state index is 12.9. The van der Waals surface area contributed by atoms with Crippen LogP contribution in [0.5, 0.6) is 0 Å². The van der Waals surface area contributed by atoms with Crippen molar-refractivity contribution in [3.05, 3.63) is 66.2 Å². The highest BCUT2D eigenvalue weighted by atomic mass is 32.2. The monoisotopic (exact) mass is 428 g/mol. The predicted molar refractivity (Wildman–Crippen MR) is 114 cm³/mol. The maximum absolute atomic E-state index is 12.9. The highest BCUT2D eigenvalue weighted by Crippen LogP contribution is 2.33. The van der Waals surface area contributed by atoms with Crippen LogP contribution in [-0.4, -0.2) is 45.5 Å². The Morgan fingerprint density at radius 2 is 1.69 bits per heavy atom. The van der Waals surface area contributed by atoms with Crippen molar-refractivity contribution in [2.24, 2.45) is 5.92 Å². The number of likely N-dealkylation sites (tertiary alicyclic amines) is 1. The molecule has 29 heavy (non-hydrogen) atoms. The molecule has 1 aliphatic rings. The first-order valence-electron chi connectivity index (χ1n) is 9.41. The van der Waals surface area contributed by atoms with Crippen LogP contribution in [0.3, 0.4) is 0 Å². The summed E-state index contributed by atoms with van der Waals surface area (Å²) < 4.78 is 0. The highest BCUT2D eigenvalue weighted by molar-refractivity contribution is 8.14. The number of amides is 1. The lowest BCUT2D eigenvalue weighted by atomic mass is 10.1. The summed E-state index contributed by atoms with van der Waals surface area (Å²) in [4.78, 5) is 39.2. The second kappa shape index (κ2) is 9.98. The van der Waals surface area contributed by atoms with Crippen LogP contribution in [0.2, 0.25) is 0 Å². The third-order valence-corrected chi connectivity index (χ3v) is 7.14. The first-order chi connectivity index (χ1) is 14.0. The van der Waals surface area contributed by atoms with Crippen molar-refractivity contribution in [2.45, 2.75) is 29.5 Å². The summed E-state index contributed by atoms with van der Waals surface area (Å²) in [5.41, 5.74) is 0.588. The van der Waals surface area contributed by atoms with E-state index < -0.39 is 17.9 Å². The molecule has 7 heteroatoms. The Bertz CT molecular complexity index is 860. The third kappa shape index (κ3) is 5.64. The van der Waals surface area contributed by atoms with Gasteiger partial charge in [0.15, 0.2) is 0 Å². The van der Waals surface area contributed by atoms with Gasteiger partial charge in [-0.1, -0.05) is 67.2 Å². The molecule has 1 saturated heterocycles. The second-order valence-corrected chi connectivity index (χ2v) is 9.35. The number of hydrogen-bond donors (Lipinski definition) is 0. The van der Waals surface area contributed by atoms with Gasteiger partial charge in [-0.3, -0.25) is 9.59 Å². The van der Waals surface area contributed by atoms with E-state index in [1.54, 1.807) is 43.0 Å². The van der Waals surface area contributed by atoms with Crippen molar-refractivity contribution < 1.29 is 19.5 Å². The minimum absolute atomic E-state index is 0.00458. The van der Waals surface area contributed by atoms with Gasteiger partial charge in [0, 0.05) is 33.9 Å². The number of carboxylic acid groups (broad SMARTS) is 1. The van der Waals surface area contributed by atoms with Crippen molar-refractivity contribution in [1.29, 1.82) is 0 Å². The predicted octanol–water partition coefficient (Wildman–Crippen LogP) is 2.71. The molecule has 0 N–H and O–H groups in total. The minimum Gasteiger partial charge on any atom is -0.548 e. The van der Waals surface area contributed by atoms with Crippen molar-refractivity contribution in [1.82, 2.24) is 4.90 Å². The Balaban J connectivity index is 1.59. The topological polar surface area (TPSA) is 77.5 Å². The van der Waals surface area contributed by atoms with Crippen LogP contribution in [0, 0.1) is 5.92 Å². The van der Waals surface area contributed by atoms with E-state index in [2.05, 4.69) is 0 Å². The van der Waals surface area contributed by atoms with Gasteiger partial charge >= 0.3 is 0 Å². The van der Waals surface area contributed by atoms with E-state index >= 15 is 0 Å². The summed E-state index contributed by atoms with van der Waals surface area (Å²) in [6.07, 6.45) is 0.358. The van der Waals surface area contributed by atoms with E-state index in [9.17, 15) is 19.5 Å². The van der Waals surface area contributed by atoms with Crippen LogP contribution in [0.15, 0.2) is 65.6 Å². The Morgan fingerprint density at radius 1 is 1.07 bits per heavy atom. The molecule has 1 fully saturated rings. The number of carbonyl (C=O) groups is 3. The van der Waals surface area contributed by atoms with Gasteiger partial charge in [0.1, 0.15) is 0 Å². The van der Waals surface area contributed by atoms with Gasteiger partial charge < -0.3 is 14.8 Å². The smallest absolute Gasteiger partial charge is 0.226 e. The number of benzene rings is 2. The zero-order chi connectivity index (χ0) is 20.8. The van der Waals surface area contributed by atoms with Crippen LogP contribution in [-0.2, 0) is 9.59 Å². The second-order valence-electron chi connectivity index (χ2n) is 6.98. The summed E-state index contributed by atoms with van der Waals surface area (Å²) in [5, 5.41) is 11.5. The van der Waals surface area contributed by atoms with Crippen molar-refractivity contribution in [2.75, 3.05) is 12.3 Å². The number of carbonyl (C=O) groups excluding carboxylic acids is 3. The number of aliphatic carboxylic acids is 1. The fourth-order valence-electron chi connectivity index (χ4n) is 3.25. The molecular weight excluding hydrogens is 406 g/mol. The van der Waals surface area contributed by atoms with Crippen molar-refractivity contribution in [3.63, 3.8) is 0 Å². The van der Waals surface area contributed by atoms with Gasteiger partial charge in [0.25, 0.3) is 0 Å².